The minimum Gasteiger partial charge on any atom is -0.359 e. The maximum absolute atomic E-state index is 11.3. The van der Waals surface area contributed by atoms with Crippen LogP contribution in [-0.2, 0) is 35.7 Å². The summed E-state index contributed by atoms with van der Waals surface area (Å²) in [7, 11) is -1.72. The molecule has 1 saturated heterocycles. The van der Waals surface area contributed by atoms with Crippen molar-refractivity contribution in [3.05, 3.63) is 21.9 Å². The van der Waals surface area contributed by atoms with E-state index in [9.17, 15) is 8.42 Å². The summed E-state index contributed by atoms with van der Waals surface area (Å²) in [6, 6.07) is 4.42. The summed E-state index contributed by atoms with van der Waals surface area (Å²) in [6.45, 7) is 3.55. The summed E-state index contributed by atoms with van der Waals surface area (Å²) in [5.74, 6) is 0.447. The Morgan fingerprint density at radius 2 is 1.97 bits per heavy atom. The molecule has 2 fully saturated rings. The predicted molar refractivity (Wildman–Crippen MR) is 116 cm³/mol. The largest absolute Gasteiger partial charge is 0.359 e. The minimum atomic E-state index is -3.39. The SMILES string of the molecule is COCOC[C@@H]1CCCC[C@@]1(c1ccc(CCOS(C)(=O)=O)s1)N1CCCCC1. The summed E-state index contributed by atoms with van der Waals surface area (Å²) >= 11 is 1.82. The number of thiophene rings is 1. The van der Waals surface area contributed by atoms with Gasteiger partial charge in [-0.05, 0) is 50.9 Å². The van der Waals surface area contributed by atoms with Gasteiger partial charge in [0.05, 0.1) is 25.0 Å². The number of nitrogens with zero attached hydrogens (tertiary/aromatic N) is 1. The second kappa shape index (κ2) is 10.7. The molecule has 0 unspecified atom stereocenters. The van der Waals surface area contributed by atoms with Crippen molar-refractivity contribution in [2.45, 2.75) is 56.9 Å². The van der Waals surface area contributed by atoms with Gasteiger partial charge < -0.3 is 9.47 Å². The van der Waals surface area contributed by atoms with Crippen LogP contribution < -0.4 is 0 Å². The Morgan fingerprint density at radius 1 is 1.17 bits per heavy atom. The summed E-state index contributed by atoms with van der Waals surface area (Å²) in [5, 5.41) is 0. The lowest BCUT2D eigenvalue weighted by Crippen LogP contribution is -2.55. The molecule has 1 aromatic heterocycles. The number of rotatable bonds is 10. The molecule has 166 valence electrons. The fraction of sp³-hybridized carbons (Fsp3) is 0.810. The molecule has 0 radical (unpaired) electrons. The fourth-order valence-corrected chi connectivity index (χ4v) is 6.65. The van der Waals surface area contributed by atoms with Gasteiger partial charge in [0.15, 0.2) is 0 Å². The highest BCUT2D eigenvalue weighted by molar-refractivity contribution is 7.85. The van der Waals surface area contributed by atoms with Gasteiger partial charge in [-0.3, -0.25) is 9.08 Å². The first-order chi connectivity index (χ1) is 14.0. The third-order valence-electron chi connectivity index (χ3n) is 6.21. The zero-order chi connectivity index (χ0) is 20.7. The molecule has 0 aromatic carbocycles. The zero-order valence-corrected chi connectivity index (χ0v) is 19.4. The van der Waals surface area contributed by atoms with E-state index in [2.05, 4.69) is 17.0 Å². The number of hydrogen-bond donors (Lipinski definition) is 0. The van der Waals surface area contributed by atoms with Gasteiger partial charge in [-0.15, -0.1) is 11.3 Å². The molecular formula is C21H35NO5S2. The van der Waals surface area contributed by atoms with Gasteiger partial charge in [0.2, 0.25) is 0 Å². The quantitative estimate of drug-likeness (QED) is 0.310. The number of likely N-dealkylation sites (tertiary alicyclic amines) is 1. The molecule has 0 spiro atoms. The van der Waals surface area contributed by atoms with Gasteiger partial charge in [-0.25, -0.2) is 0 Å². The molecule has 1 saturated carbocycles. The Balaban J connectivity index is 1.82. The van der Waals surface area contributed by atoms with Gasteiger partial charge in [0, 0.05) is 29.2 Å². The Morgan fingerprint density at radius 3 is 2.69 bits per heavy atom. The third-order valence-corrected chi connectivity index (χ3v) is 8.12. The summed E-state index contributed by atoms with van der Waals surface area (Å²) in [6.07, 6.45) is 10.4. The van der Waals surface area contributed by atoms with Crippen LogP contribution in [0.3, 0.4) is 0 Å². The Kier molecular flexibility index (Phi) is 8.53. The minimum absolute atomic E-state index is 0.0209. The molecule has 0 N–H and O–H groups in total. The maximum atomic E-state index is 11.3. The molecule has 29 heavy (non-hydrogen) atoms. The molecule has 1 aliphatic carbocycles. The van der Waals surface area contributed by atoms with Gasteiger partial charge in [-0.1, -0.05) is 19.3 Å². The zero-order valence-electron chi connectivity index (χ0n) is 17.7. The van der Waals surface area contributed by atoms with E-state index in [0.29, 0.717) is 19.1 Å². The van der Waals surface area contributed by atoms with Crippen molar-refractivity contribution in [2.75, 3.05) is 46.5 Å². The molecule has 3 rings (SSSR count). The Labute approximate surface area is 179 Å². The monoisotopic (exact) mass is 445 g/mol. The van der Waals surface area contributed by atoms with E-state index in [4.69, 9.17) is 13.7 Å². The average Bonchev–Trinajstić information content (AvgIpc) is 3.17. The molecule has 8 heteroatoms. The van der Waals surface area contributed by atoms with Crippen molar-refractivity contribution in [3.8, 4) is 0 Å². The summed E-state index contributed by atoms with van der Waals surface area (Å²) in [4.78, 5) is 5.31. The number of piperidine rings is 1. The molecule has 0 amide bonds. The standard InChI is InChI=1S/C21H35NO5S2/c1-25-17-26-16-18-8-4-5-12-21(18,22-13-6-3-7-14-22)20-10-9-19(28-20)11-15-27-29(2,23)24/h9-10,18H,3-8,11-17H2,1-2H3/t18-,21+/m0/s1. The molecule has 2 aliphatic rings. The summed E-state index contributed by atoms with van der Waals surface area (Å²) in [5.41, 5.74) is 0.0209. The van der Waals surface area contributed by atoms with E-state index < -0.39 is 10.1 Å². The predicted octanol–water partition coefficient (Wildman–Crippen LogP) is 3.76. The second-order valence-electron chi connectivity index (χ2n) is 8.23. The van der Waals surface area contributed by atoms with Crippen LogP contribution in [0.2, 0.25) is 0 Å². The van der Waals surface area contributed by atoms with Crippen molar-refractivity contribution in [2.24, 2.45) is 5.92 Å². The first-order valence-corrected chi connectivity index (χ1v) is 13.3. The Bertz CT molecular complexity index is 729. The molecule has 0 bridgehead atoms. The molecule has 2 atom stereocenters. The topological polar surface area (TPSA) is 65.1 Å². The Hall–Kier alpha value is -0.510. The molecule has 6 nitrogen and oxygen atoms in total. The number of ether oxygens (including phenoxy) is 2. The van der Waals surface area contributed by atoms with Gasteiger partial charge in [0.25, 0.3) is 10.1 Å². The van der Waals surface area contributed by atoms with Crippen molar-refractivity contribution in [1.82, 2.24) is 4.90 Å². The van der Waals surface area contributed by atoms with E-state index in [1.807, 2.05) is 11.3 Å². The normalized spacial score (nSPS) is 26.6. The first kappa shape index (κ1) is 23.2. The number of hydrogen-bond acceptors (Lipinski definition) is 7. The van der Waals surface area contributed by atoms with Crippen molar-refractivity contribution in [3.63, 3.8) is 0 Å². The summed E-state index contributed by atoms with van der Waals surface area (Å²) < 4.78 is 38.5. The third kappa shape index (κ3) is 6.02. The first-order valence-electron chi connectivity index (χ1n) is 10.7. The average molecular weight is 446 g/mol. The second-order valence-corrected chi connectivity index (χ2v) is 11.0. The lowest BCUT2D eigenvalue weighted by atomic mass is 9.70. The molecular weight excluding hydrogens is 410 g/mol. The lowest BCUT2D eigenvalue weighted by Gasteiger charge is -2.52. The smallest absolute Gasteiger partial charge is 0.264 e. The van der Waals surface area contributed by atoms with E-state index in [0.717, 1.165) is 32.4 Å². The van der Waals surface area contributed by atoms with Crippen LogP contribution in [0.15, 0.2) is 12.1 Å². The van der Waals surface area contributed by atoms with Gasteiger partial charge in [-0.2, -0.15) is 8.42 Å². The lowest BCUT2D eigenvalue weighted by molar-refractivity contribution is -0.0916. The van der Waals surface area contributed by atoms with Crippen molar-refractivity contribution >= 4 is 21.5 Å². The van der Waals surface area contributed by atoms with Crippen LogP contribution in [0.1, 0.15) is 54.7 Å². The van der Waals surface area contributed by atoms with Crippen LogP contribution in [0.4, 0.5) is 0 Å². The van der Waals surface area contributed by atoms with E-state index >= 15 is 0 Å². The fourth-order valence-electron chi connectivity index (χ4n) is 4.95. The molecule has 1 aromatic rings. The number of methoxy groups -OCH3 is 1. The van der Waals surface area contributed by atoms with E-state index in [1.54, 1.807) is 7.11 Å². The van der Waals surface area contributed by atoms with Crippen LogP contribution in [0, 0.1) is 5.92 Å². The van der Waals surface area contributed by atoms with Crippen molar-refractivity contribution < 1.29 is 22.1 Å². The molecule has 2 heterocycles. The maximum Gasteiger partial charge on any atom is 0.264 e. The van der Waals surface area contributed by atoms with E-state index in [1.165, 1.54) is 48.3 Å². The highest BCUT2D eigenvalue weighted by atomic mass is 32.2. The van der Waals surface area contributed by atoms with Crippen LogP contribution in [0.5, 0.6) is 0 Å². The van der Waals surface area contributed by atoms with Gasteiger partial charge >= 0.3 is 0 Å². The van der Waals surface area contributed by atoms with Crippen molar-refractivity contribution in [1.29, 1.82) is 0 Å². The highest BCUT2D eigenvalue weighted by Gasteiger charge is 2.47. The van der Waals surface area contributed by atoms with E-state index in [-0.39, 0.29) is 12.1 Å². The van der Waals surface area contributed by atoms with Crippen LogP contribution in [0.25, 0.3) is 0 Å². The van der Waals surface area contributed by atoms with Gasteiger partial charge in [0.1, 0.15) is 6.79 Å². The van der Waals surface area contributed by atoms with Crippen LogP contribution in [-0.4, -0.2) is 59.8 Å². The highest BCUT2D eigenvalue weighted by Crippen LogP contribution is 2.49. The molecule has 1 aliphatic heterocycles. The van der Waals surface area contributed by atoms with Crippen LogP contribution >= 0.6 is 11.3 Å².